The van der Waals surface area contributed by atoms with Gasteiger partial charge in [-0.05, 0) is 61.9 Å². The van der Waals surface area contributed by atoms with E-state index in [9.17, 15) is 27.2 Å². The van der Waals surface area contributed by atoms with Gasteiger partial charge < -0.3 is 52.5 Å². The van der Waals surface area contributed by atoms with Crippen molar-refractivity contribution < 1.29 is 52.5 Å². The van der Waals surface area contributed by atoms with E-state index in [1.165, 1.54) is 0 Å². The lowest BCUT2D eigenvalue weighted by Crippen LogP contribution is -2.66. The topological polar surface area (TPSA) is 308 Å². The summed E-state index contributed by atoms with van der Waals surface area (Å²) >= 11 is 0. The second-order valence-electron chi connectivity index (χ2n) is 20.0. The smallest absolute Gasteiger partial charge is 0.187 e. The number of azide groups is 4. The molecule has 15 atom stereocenters. The summed E-state index contributed by atoms with van der Waals surface area (Å²) in [5, 5.41) is 29.2. The highest BCUT2D eigenvalue weighted by atomic mass is 16.7. The number of hydrogen-bond donors (Lipinski definition) is 1. The molecule has 23 nitrogen and oxygen atoms in total. The number of ether oxygens (including phenoxy) is 10. The second-order valence-corrected chi connectivity index (χ2v) is 20.0. The SMILES string of the molecule is [N-]=[N+]=NC[C@H]1O[C@H](O[C@H]2[C@H](O)[C@@H](O[C@@H]3O[C@H](COCc4ccccc4)[C@@H](OCc4ccccc4)[C@H](OCc4ccccc4)[C@H]3N=[N+]=[N-])[C@H](N=[N+]=[N-])C[C@@H]2N=[N+]=[N-])[C@H](OCc2ccccc2)[C@@H](OCc2ccccc2)[C@@H]1OCc1ccccc1. The van der Waals surface area contributed by atoms with Crippen molar-refractivity contribution in [3.63, 3.8) is 0 Å². The van der Waals surface area contributed by atoms with E-state index in [2.05, 4.69) is 40.1 Å². The fraction of sp³-hybridized carbons (Fsp3) is 0.400. The molecule has 83 heavy (non-hydrogen) atoms. The van der Waals surface area contributed by atoms with Crippen molar-refractivity contribution in [2.45, 2.75) is 138 Å². The maximum atomic E-state index is 12.9. The van der Waals surface area contributed by atoms with E-state index >= 15 is 0 Å². The molecular formula is C60H64N12O11. The number of nitrogens with zero attached hydrogens (tertiary/aromatic N) is 12. The highest BCUT2D eigenvalue weighted by Crippen LogP contribution is 2.39. The van der Waals surface area contributed by atoms with Crippen LogP contribution in [0.3, 0.4) is 0 Å². The number of hydrogen-bond acceptors (Lipinski definition) is 15. The molecule has 2 heterocycles. The lowest BCUT2D eigenvalue weighted by atomic mass is 9.84. The summed E-state index contributed by atoms with van der Waals surface area (Å²) < 4.78 is 67.3. The third-order valence-electron chi connectivity index (χ3n) is 14.4. The normalized spacial score (nSPS) is 27.6. The summed E-state index contributed by atoms with van der Waals surface area (Å²) in [6.07, 6.45) is -15.1. The van der Waals surface area contributed by atoms with Crippen molar-refractivity contribution in [1.29, 1.82) is 0 Å². The van der Waals surface area contributed by atoms with Gasteiger partial charge in [0.15, 0.2) is 12.6 Å². The van der Waals surface area contributed by atoms with Gasteiger partial charge in [-0.1, -0.05) is 202 Å². The van der Waals surface area contributed by atoms with E-state index in [-0.39, 0.29) is 59.2 Å². The molecule has 6 aromatic rings. The summed E-state index contributed by atoms with van der Waals surface area (Å²) in [7, 11) is 0. The van der Waals surface area contributed by atoms with E-state index in [1.807, 2.05) is 182 Å². The molecule has 1 saturated carbocycles. The molecule has 9 rings (SSSR count). The summed E-state index contributed by atoms with van der Waals surface area (Å²) in [5.74, 6) is 0. The average molecular weight is 1130 g/mol. The first-order valence-electron chi connectivity index (χ1n) is 27.3. The molecule has 1 N–H and O–H groups in total. The quantitative estimate of drug-likeness (QED) is 0.0273. The highest BCUT2D eigenvalue weighted by molar-refractivity contribution is 5.19. The van der Waals surface area contributed by atoms with Gasteiger partial charge in [-0.25, -0.2) is 0 Å². The molecule has 430 valence electrons. The molecule has 0 amide bonds. The molecular weight excluding hydrogens is 1060 g/mol. The van der Waals surface area contributed by atoms with Gasteiger partial charge >= 0.3 is 0 Å². The Balaban J connectivity index is 1.07. The second kappa shape index (κ2) is 31.5. The first kappa shape index (κ1) is 59.7. The maximum Gasteiger partial charge on any atom is 0.187 e. The number of rotatable bonds is 28. The lowest BCUT2D eigenvalue weighted by Gasteiger charge is -2.50. The van der Waals surface area contributed by atoms with E-state index in [0.29, 0.717) is 0 Å². The molecule has 1 aliphatic carbocycles. The van der Waals surface area contributed by atoms with Crippen molar-refractivity contribution >= 4 is 0 Å². The van der Waals surface area contributed by atoms with Crippen LogP contribution in [0.5, 0.6) is 0 Å². The van der Waals surface area contributed by atoms with Crippen molar-refractivity contribution in [3.8, 4) is 0 Å². The Bertz CT molecular complexity index is 3090. The largest absolute Gasteiger partial charge is 0.388 e. The Morgan fingerprint density at radius 2 is 0.759 bits per heavy atom. The minimum atomic E-state index is -1.81. The predicted molar refractivity (Wildman–Crippen MR) is 302 cm³/mol. The monoisotopic (exact) mass is 1130 g/mol. The van der Waals surface area contributed by atoms with Gasteiger partial charge in [-0.15, -0.1) is 0 Å². The zero-order valence-electron chi connectivity index (χ0n) is 45.2. The Labute approximate surface area is 479 Å². The van der Waals surface area contributed by atoms with Gasteiger partial charge in [-0.2, -0.15) is 0 Å². The van der Waals surface area contributed by atoms with Crippen molar-refractivity contribution in [2.75, 3.05) is 13.2 Å². The molecule has 0 aromatic heterocycles. The van der Waals surface area contributed by atoms with Crippen LogP contribution in [0, 0.1) is 0 Å². The summed E-state index contributed by atoms with van der Waals surface area (Å²) in [6.45, 7) is 0.290. The fourth-order valence-electron chi connectivity index (χ4n) is 10.4. The highest BCUT2D eigenvalue weighted by Gasteiger charge is 2.55. The van der Waals surface area contributed by atoms with Crippen LogP contribution in [0.15, 0.2) is 202 Å². The third kappa shape index (κ3) is 16.7. The molecule has 0 unspecified atom stereocenters. The van der Waals surface area contributed by atoms with Gasteiger partial charge in [-0.3, -0.25) is 0 Å². The molecule has 2 aliphatic heterocycles. The zero-order valence-corrected chi connectivity index (χ0v) is 45.2. The van der Waals surface area contributed by atoms with Crippen LogP contribution in [0.2, 0.25) is 0 Å². The Kier molecular flexibility index (Phi) is 22.7. The van der Waals surface area contributed by atoms with Crippen LogP contribution < -0.4 is 0 Å². The summed E-state index contributed by atoms with van der Waals surface area (Å²) in [5.41, 5.74) is 45.2. The van der Waals surface area contributed by atoms with E-state index in [4.69, 9.17) is 47.4 Å². The van der Waals surface area contributed by atoms with Crippen LogP contribution in [0.4, 0.5) is 0 Å². The molecule has 0 spiro atoms. The van der Waals surface area contributed by atoms with Gasteiger partial charge in [0.1, 0.15) is 48.8 Å². The van der Waals surface area contributed by atoms with Gasteiger partial charge in [0, 0.05) is 19.6 Å². The Morgan fingerprint density at radius 1 is 0.398 bits per heavy atom. The number of aliphatic hydroxyl groups is 1. The maximum absolute atomic E-state index is 12.9. The molecule has 0 radical (unpaired) electrons. The third-order valence-corrected chi connectivity index (χ3v) is 14.4. The van der Waals surface area contributed by atoms with Gasteiger partial charge in [0.2, 0.25) is 0 Å². The Hall–Kier alpha value is -7.88. The molecule has 3 aliphatic rings. The fourth-order valence-corrected chi connectivity index (χ4v) is 10.4. The van der Waals surface area contributed by atoms with E-state index in [0.717, 1.165) is 33.4 Å². The van der Waals surface area contributed by atoms with Crippen LogP contribution >= 0.6 is 0 Å². The van der Waals surface area contributed by atoms with E-state index in [1.54, 1.807) is 0 Å². The van der Waals surface area contributed by atoms with Crippen LogP contribution in [0.25, 0.3) is 41.8 Å². The van der Waals surface area contributed by atoms with Gasteiger partial charge in [0.05, 0.1) is 83.2 Å². The van der Waals surface area contributed by atoms with Crippen LogP contribution in [-0.4, -0.2) is 110 Å². The zero-order chi connectivity index (χ0) is 57.4. The molecule has 3 fully saturated rings. The average Bonchev–Trinajstić information content (AvgIpc) is 2.96. The van der Waals surface area contributed by atoms with Crippen molar-refractivity contribution in [2.24, 2.45) is 20.5 Å². The van der Waals surface area contributed by atoms with Crippen molar-refractivity contribution in [3.05, 3.63) is 257 Å². The molecule has 23 heteroatoms. The predicted octanol–water partition coefficient (Wildman–Crippen LogP) is 11.5. The molecule has 6 aromatic carbocycles. The Morgan fingerprint density at radius 3 is 1.18 bits per heavy atom. The minimum absolute atomic E-state index is 0.0314. The number of aliphatic hydroxyl groups excluding tert-OH is 1. The minimum Gasteiger partial charge on any atom is -0.388 e. The first-order valence-corrected chi connectivity index (χ1v) is 27.3. The number of benzene rings is 6. The first-order chi connectivity index (χ1) is 40.9. The summed E-state index contributed by atoms with van der Waals surface area (Å²) in [6, 6.07) is 53.1. The lowest BCUT2D eigenvalue weighted by molar-refractivity contribution is -0.345. The standard InChI is InChI=1S/C60H64N12O11/c61-69-65-32-48-54(75-34-41-21-9-2-10-22-41)57(78-37-44-27-15-5-16-28-44)58(79-38-45-29-17-6-18-30-45)60(80-48)83-53-47(67-71-63)31-46(66-70-62)52(51(53)73)82-59-50(68-72-64)56(77-36-43-25-13-4-14-26-43)55(76-35-42-23-11-3-12-24-42)49(81-59)39-74-33-40-19-7-1-8-20-40/h1-30,46-60,73H,31-39H2/t46-,47+,48-,49-,50-,51-,52+,53-,54-,55-,56-,57+,58-,59+,60-/m1/s1. The molecule has 0 bridgehead atoms. The van der Waals surface area contributed by atoms with Crippen LogP contribution in [-0.2, 0) is 87.0 Å². The van der Waals surface area contributed by atoms with Crippen LogP contribution in [0.1, 0.15) is 39.8 Å². The van der Waals surface area contributed by atoms with E-state index < -0.39 is 91.7 Å². The molecule has 2 saturated heterocycles. The summed E-state index contributed by atoms with van der Waals surface area (Å²) in [4.78, 5) is 12.5. The van der Waals surface area contributed by atoms with Gasteiger partial charge in [0.25, 0.3) is 0 Å². The van der Waals surface area contributed by atoms with Crippen molar-refractivity contribution in [1.82, 2.24) is 0 Å².